The van der Waals surface area contributed by atoms with E-state index in [4.69, 9.17) is 12.2 Å². The van der Waals surface area contributed by atoms with Gasteiger partial charge in [0.1, 0.15) is 0 Å². The van der Waals surface area contributed by atoms with Gasteiger partial charge < -0.3 is 10.6 Å². The summed E-state index contributed by atoms with van der Waals surface area (Å²) in [7, 11) is 0. The van der Waals surface area contributed by atoms with Gasteiger partial charge in [0.25, 0.3) is 0 Å². The van der Waals surface area contributed by atoms with E-state index in [9.17, 15) is 0 Å². The first-order valence-corrected chi connectivity index (χ1v) is 10.9. The number of piperidine rings is 2. The van der Waals surface area contributed by atoms with Crippen LogP contribution >= 0.6 is 23.6 Å². The van der Waals surface area contributed by atoms with E-state index in [1.165, 1.54) is 42.5 Å². The zero-order valence-corrected chi connectivity index (χ0v) is 16.9. The van der Waals surface area contributed by atoms with E-state index in [0.29, 0.717) is 18.1 Å². The van der Waals surface area contributed by atoms with Crippen LogP contribution in [0.1, 0.15) is 42.5 Å². The maximum atomic E-state index is 5.60. The van der Waals surface area contributed by atoms with Crippen LogP contribution in [0.3, 0.4) is 0 Å². The molecule has 2 aliphatic rings. The first kappa shape index (κ1) is 18.0. The number of hydrogen-bond acceptors (Lipinski definition) is 3. The highest BCUT2D eigenvalue weighted by Crippen LogP contribution is 2.35. The minimum Gasteiger partial charge on any atom is -0.360 e. The molecule has 2 aliphatic heterocycles. The van der Waals surface area contributed by atoms with Crippen molar-refractivity contribution in [1.29, 1.82) is 0 Å². The quantitative estimate of drug-likeness (QED) is 0.730. The molecule has 0 radical (unpaired) electrons. The number of hydrogen-bond donors (Lipinski definition) is 2. The van der Waals surface area contributed by atoms with Crippen LogP contribution in [0.5, 0.6) is 0 Å². The normalized spacial score (nSPS) is 25.7. The average Bonchev–Trinajstić information content (AvgIpc) is 3.11. The molecule has 2 fully saturated rings. The van der Waals surface area contributed by atoms with Gasteiger partial charge in [-0.05, 0) is 67.9 Å². The number of rotatable bonds is 4. The summed E-state index contributed by atoms with van der Waals surface area (Å²) in [4.78, 5) is 4.25. The number of nitrogens with zero attached hydrogens (tertiary/aromatic N) is 1. The number of thiophene rings is 1. The van der Waals surface area contributed by atoms with Crippen LogP contribution in [0.25, 0.3) is 0 Å². The molecular weight excluding hydrogens is 358 g/mol. The Balaban J connectivity index is 1.36. The molecule has 0 saturated carbocycles. The van der Waals surface area contributed by atoms with Crippen LogP contribution in [0.15, 0.2) is 41.8 Å². The maximum Gasteiger partial charge on any atom is 0.171 e. The van der Waals surface area contributed by atoms with Gasteiger partial charge in [-0.3, -0.25) is 4.90 Å². The van der Waals surface area contributed by atoms with Crippen molar-refractivity contribution in [3.63, 3.8) is 0 Å². The minimum absolute atomic E-state index is 0.480. The second-order valence-corrected chi connectivity index (χ2v) is 9.01. The Morgan fingerprint density at radius 3 is 2.62 bits per heavy atom. The molecule has 2 aromatic rings. The van der Waals surface area contributed by atoms with Gasteiger partial charge in [-0.25, -0.2) is 0 Å². The third-order valence-corrected chi connectivity index (χ3v) is 6.85. The number of benzene rings is 1. The molecule has 138 valence electrons. The smallest absolute Gasteiger partial charge is 0.171 e. The van der Waals surface area contributed by atoms with Gasteiger partial charge in [0.2, 0.25) is 0 Å². The fourth-order valence-corrected chi connectivity index (χ4v) is 5.48. The lowest BCUT2D eigenvalue weighted by Gasteiger charge is -2.49. The highest BCUT2D eigenvalue weighted by atomic mass is 32.1. The molecule has 0 amide bonds. The molecule has 26 heavy (non-hydrogen) atoms. The van der Waals surface area contributed by atoms with Crippen LogP contribution in [0.4, 0.5) is 5.69 Å². The van der Waals surface area contributed by atoms with Crippen molar-refractivity contribution in [2.45, 2.75) is 63.7 Å². The molecule has 5 heteroatoms. The topological polar surface area (TPSA) is 27.3 Å². The Kier molecular flexibility index (Phi) is 5.57. The van der Waals surface area contributed by atoms with Gasteiger partial charge in [-0.1, -0.05) is 30.7 Å². The van der Waals surface area contributed by atoms with E-state index in [1.54, 1.807) is 0 Å². The van der Waals surface area contributed by atoms with E-state index < -0.39 is 0 Å². The van der Waals surface area contributed by atoms with Crippen molar-refractivity contribution >= 4 is 34.4 Å². The molecule has 3 heterocycles. The summed E-state index contributed by atoms with van der Waals surface area (Å²) in [5.41, 5.74) is 2.32. The minimum atomic E-state index is 0.480. The van der Waals surface area contributed by atoms with Gasteiger partial charge in [0.05, 0.1) is 0 Å². The molecule has 2 unspecified atom stereocenters. The van der Waals surface area contributed by atoms with Crippen molar-refractivity contribution in [2.24, 2.45) is 0 Å². The van der Waals surface area contributed by atoms with E-state index in [0.717, 1.165) is 17.3 Å². The van der Waals surface area contributed by atoms with Gasteiger partial charge in [-0.15, -0.1) is 11.3 Å². The van der Waals surface area contributed by atoms with Crippen LogP contribution in [-0.4, -0.2) is 28.1 Å². The lowest BCUT2D eigenvalue weighted by atomic mass is 9.81. The van der Waals surface area contributed by atoms with Crippen LogP contribution in [0.2, 0.25) is 0 Å². The van der Waals surface area contributed by atoms with Gasteiger partial charge in [0.15, 0.2) is 5.11 Å². The van der Waals surface area contributed by atoms with Gasteiger partial charge >= 0.3 is 0 Å². The third-order valence-electron chi connectivity index (χ3n) is 5.77. The molecule has 4 rings (SSSR count). The van der Waals surface area contributed by atoms with Crippen molar-refractivity contribution < 1.29 is 0 Å². The first-order chi connectivity index (χ1) is 12.7. The summed E-state index contributed by atoms with van der Waals surface area (Å²) < 4.78 is 0. The number of fused-ring (bicyclic) bond motifs is 2. The Bertz CT molecular complexity index is 729. The maximum absolute atomic E-state index is 5.60. The molecule has 2 bridgehead atoms. The number of aryl methyl sites for hydroxylation is 1. The standard InChI is InChI=1S/C21H27N3S2/c1-15-6-2-3-10-20(15)23-21(25)22-16-12-17-7-4-8-18(13-16)24(17)14-19-9-5-11-26-19/h2-3,5-6,9-11,16-18H,4,7-8,12-14H2,1H3,(H2,22,23,25). The molecule has 2 atom stereocenters. The summed E-state index contributed by atoms with van der Waals surface area (Å²) in [5.74, 6) is 0. The van der Waals surface area contributed by atoms with Crippen molar-refractivity contribution in [3.8, 4) is 0 Å². The van der Waals surface area contributed by atoms with Crippen LogP contribution < -0.4 is 10.6 Å². The molecule has 3 nitrogen and oxygen atoms in total. The molecular formula is C21H27N3S2. The van der Waals surface area contributed by atoms with Crippen molar-refractivity contribution in [2.75, 3.05) is 5.32 Å². The Morgan fingerprint density at radius 1 is 1.15 bits per heavy atom. The second kappa shape index (κ2) is 8.07. The van der Waals surface area contributed by atoms with Crippen LogP contribution in [-0.2, 0) is 6.54 Å². The molecule has 1 aromatic heterocycles. The molecule has 0 spiro atoms. The number of anilines is 1. The predicted octanol–water partition coefficient (Wildman–Crippen LogP) is 4.93. The third kappa shape index (κ3) is 4.11. The Morgan fingerprint density at radius 2 is 1.92 bits per heavy atom. The highest BCUT2D eigenvalue weighted by Gasteiger charge is 2.38. The fourth-order valence-electron chi connectivity index (χ4n) is 4.49. The number of thiocarbonyl (C=S) groups is 1. The van der Waals surface area contributed by atoms with Crippen LogP contribution in [0, 0.1) is 6.92 Å². The summed E-state index contributed by atoms with van der Waals surface area (Å²) in [6.45, 7) is 3.23. The number of para-hydroxylation sites is 1. The van der Waals surface area contributed by atoms with Crippen molar-refractivity contribution in [1.82, 2.24) is 10.2 Å². The lowest BCUT2D eigenvalue weighted by Crippen LogP contribution is -2.56. The van der Waals surface area contributed by atoms with Crippen molar-refractivity contribution in [3.05, 3.63) is 52.2 Å². The lowest BCUT2D eigenvalue weighted by molar-refractivity contribution is 0.0220. The number of nitrogens with one attached hydrogen (secondary N) is 2. The van der Waals surface area contributed by atoms with E-state index >= 15 is 0 Å². The predicted molar refractivity (Wildman–Crippen MR) is 115 cm³/mol. The Hall–Kier alpha value is -1.43. The second-order valence-electron chi connectivity index (χ2n) is 7.57. The molecule has 0 aliphatic carbocycles. The van der Waals surface area contributed by atoms with Gasteiger partial charge in [0, 0.05) is 35.2 Å². The van der Waals surface area contributed by atoms with E-state index in [-0.39, 0.29) is 0 Å². The zero-order chi connectivity index (χ0) is 17.9. The molecule has 2 saturated heterocycles. The highest BCUT2D eigenvalue weighted by molar-refractivity contribution is 7.80. The first-order valence-electron chi connectivity index (χ1n) is 9.60. The zero-order valence-electron chi connectivity index (χ0n) is 15.3. The SMILES string of the molecule is Cc1ccccc1NC(=S)NC1CC2CCCC(C1)N2Cc1cccs1. The summed E-state index contributed by atoms with van der Waals surface area (Å²) in [5, 5.41) is 9.93. The largest absolute Gasteiger partial charge is 0.360 e. The van der Waals surface area contributed by atoms with E-state index in [2.05, 4.69) is 58.2 Å². The summed E-state index contributed by atoms with van der Waals surface area (Å²) >= 11 is 7.48. The molecule has 1 aromatic carbocycles. The average molecular weight is 386 g/mol. The monoisotopic (exact) mass is 385 g/mol. The van der Waals surface area contributed by atoms with E-state index in [1.807, 2.05) is 17.4 Å². The molecule has 2 N–H and O–H groups in total. The Labute approximate surface area is 165 Å². The summed E-state index contributed by atoms with van der Waals surface area (Å²) in [6.07, 6.45) is 6.39. The summed E-state index contributed by atoms with van der Waals surface area (Å²) in [6, 6.07) is 14.6. The fraction of sp³-hybridized carbons (Fsp3) is 0.476. The van der Waals surface area contributed by atoms with Gasteiger partial charge in [-0.2, -0.15) is 0 Å².